The van der Waals surface area contributed by atoms with Crippen molar-refractivity contribution >= 4 is 28.9 Å². The zero-order valence-corrected chi connectivity index (χ0v) is 10.8. The molecule has 0 unspecified atom stereocenters. The lowest BCUT2D eigenvalue weighted by molar-refractivity contribution is 0.373. The first-order valence-corrected chi connectivity index (χ1v) is 6.71. The standard InChI is InChI=1S/C13H17Cl2N/c14-11-7-4-8-12(13(11)15)16-9-10-5-2-1-3-6-10/h4,7-8,10,16H,1-3,5-6,9H2. The third kappa shape index (κ3) is 3.05. The summed E-state index contributed by atoms with van der Waals surface area (Å²) >= 11 is 12.1. The van der Waals surface area contributed by atoms with Crippen LogP contribution < -0.4 is 5.32 Å². The van der Waals surface area contributed by atoms with Crippen molar-refractivity contribution in [3.05, 3.63) is 28.2 Å². The van der Waals surface area contributed by atoms with Gasteiger partial charge in [-0.1, -0.05) is 48.5 Å². The number of benzene rings is 1. The van der Waals surface area contributed by atoms with Gasteiger partial charge in [-0.25, -0.2) is 0 Å². The number of hydrogen-bond acceptors (Lipinski definition) is 1. The Kier molecular flexibility index (Phi) is 4.37. The highest BCUT2D eigenvalue weighted by Crippen LogP contribution is 2.30. The number of halogens is 2. The summed E-state index contributed by atoms with van der Waals surface area (Å²) in [6, 6.07) is 5.73. The molecule has 0 radical (unpaired) electrons. The monoisotopic (exact) mass is 257 g/mol. The molecule has 0 aromatic heterocycles. The van der Waals surface area contributed by atoms with Crippen molar-refractivity contribution in [3.63, 3.8) is 0 Å². The molecule has 88 valence electrons. The molecule has 0 atom stereocenters. The lowest BCUT2D eigenvalue weighted by atomic mass is 9.89. The molecular formula is C13H17Cl2N. The maximum atomic E-state index is 6.12. The van der Waals surface area contributed by atoms with E-state index in [0.717, 1.165) is 18.2 Å². The third-order valence-electron chi connectivity index (χ3n) is 3.26. The fourth-order valence-corrected chi connectivity index (χ4v) is 2.65. The van der Waals surface area contributed by atoms with E-state index < -0.39 is 0 Å². The topological polar surface area (TPSA) is 12.0 Å². The van der Waals surface area contributed by atoms with Crippen molar-refractivity contribution in [2.45, 2.75) is 32.1 Å². The Morgan fingerprint density at radius 1 is 1.12 bits per heavy atom. The molecule has 0 saturated heterocycles. The van der Waals surface area contributed by atoms with Crippen molar-refractivity contribution in [1.29, 1.82) is 0 Å². The van der Waals surface area contributed by atoms with Crippen molar-refractivity contribution in [2.75, 3.05) is 11.9 Å². The van der Waals surface area contributed by atoms with E-state index in [4.69, 9.17) is 23.2 Å². The van der Waals surface area contributed by atoms with Gasteiger partial charge in [0.25, 0.3) is 0 Å². The van der Waals surface area contributed by atoms with Gasteiger partial charge in [-0.3, -0.25) is 0 Å². The van der Waals surface area contributed by atoms with Crippen LogP contribution in [0.15, 0.2) is 18.2 Å². The highest BCUT2D eigenvalue weighted by molar-refractivity contribution is 6.43. The highest BCUT2D eigenvalue weighted by Gasteiger charge is 2.13. The summed E-state index contributed by atoms with van der Waals surface area (Å²) in [6.07, 6.45) is 6.82. The van der Waals surface area contributed by atoms with E-state index in [1.165, 1.54) is 32.1 Å². The molecule has 1 aliphatic rings. The second-order valence-electron chi connectivity index (χ2n) is 4.49. The second kappa shape index (κ2) is 5.79. The summed E-state index contributed by atoms with van der Waals surface area (Å²) in [6.45, 7) is 1.01. The molecule has 16 heavy (non-hydrogen) atoms. The van der Waals surface area contributed by atoms with Crippen LogP contribution in [0.25, 0.3) is 0 Å². The van der Waals surface area contributed by atoms with Crippen LogP contribution >= 0.6 is 23.2 Å². The molecule has 1 aromatic carbocycles. The van der Waals surface area contributed by atoms with Crippen molar-refractivity contribution in [3.8, 4) is 0 Å². The maximum Gasteiger partial charge on any atom is 0.0823 e. The number of nitrogens with one attached hydrogen (secondary N) is 1. The lowest BCUT2D eigenvalue weighted by Crippen LogP contribution is -2.17. The molecule has 0 spiro atoms. The van der Waals surface area contributed by atoms with Crippen LogP contribution in [0.3, 0.4) is 0 Å². The van der Waals surface area contributed by atoms with Crippen molar-refractivity contribution in [2.24, 2.45) is 5.92 Å². The highest BCUT2D eigenvalue weighted by atomic mass is 35.5. The third-order valence-corrected chi connectivity index (χ3v) is 4.08. The van der Waals surface area contributed by atoms with E-state index in [-0.39, 0.29) is 0 Å². The van der Waals surface area contributed by atoms with Gasteiger partial charge in [0, 0.05) is 6.54 Å². The van der Waals surface area contributed by atoms with E-state index in [9.17, 15) is 0 Å². The van der Waals surface area contributed by atoms with Crippen LogP contribution in [0.4, 0.5) is 5.69 Å². The van der Waals surface area contributed by atoms with Gasteiger partial charge in [-0.15, -0.1) is 0 Å². The van der Waals surface area contributed by atoms with Crippen LogP contribution in [-0.4, -0.2) is 6.54 Å². The molecule has 1 N–H and O–H groups in total. The zero-order valence-electron chi connectivity index (χ0n) is 9.31. The van der Waals surface area contributed by atoms with E-state index in [0.29, 0.717) is 10.0 Å². The fourth-order valence-electron chi connectivity index (χ4n) is 2.29. The first-order valence-electron chi connectivity index (χ1n) is 5.95. The number of rotatable bonds is 3. The van der Waals surface area contributed by atoms with Crippen molar-refractivity contribution < 1.29 is 0 Å². The molecule has 0 bridgehead atoms. The smallest absolute Gasteiger partial charge is 0.0823 e. The normalized spacial score (nSPS) is 17.4. The van der Waals surface area contributed by atoms with Gasteiger partial charge < -0.3 is 5.32 Å². The SMILES string of the molecule is Clc1cccc(NCC2CCCCC2)c1Cl. The molecule has 0 aliphatic heterocycles. The number of anilines is 1. The summed E-state index contributed by atoms with van der Waals surface area (Å²) in [5, 5.41) is 4.67. The molecule has 1 fully saturated rings. The van der Waals surface area contributed by atoms with Gasteiger partial charge in [0.2, 0.25) is 0 Å². The Hall–Kier alpha value is -0.400. The Morgan fingerprint density at radius 3 is 2.62 bits per heavy atom. The van der Waals surface area contributed by atoms with Crippen LogP contribution in [0.2, 0.25) is 10.0 Å². The van der Waals surface area contributed by atoms with Gasteiger partial charge in [-0.05, 0) is 30.9 Å². The minimum atomic E-state index is 0.621. The van der Waals surface area contributed by atoms with Crippen LogP contribution in [0.5, 0.6) is 0 Å². The molecule has 1 nitrogen and oxygen atoms in total. The summed E-state index contributed by atoms with van der Waals surface area (Å²) in [5.41, 5.74) is 0.958. The molecular weight excluding hydrogens is 241 g/mol. The molecule has 0 amide bonds. The van der Waals surface area contributed by atoms with Gasteiger partial charge in [-0.2, -0.15) is 0 Å². The molecule has 0 heterocycles. The Balaban J connectivity index is 1.91. The minimum Gasteiger partial charge on any atom is -0.384 e. The predicted molar refractivity (Wildman–Crippen MR) is 71.5 cm³/mol. The summed E-state index contributed by atoms with van der Waals surface area (Å²) in [4.78, 5) is 0. The molecule has 1 aromatic rings. The Labute approximate surface area is 107 Å². The lowest BCUT2D eigenvalue weighted by Gasteiger charge is -2.22. The van der Waals surface area contributed by atoms with Gasteiger partial charge in [0.15, 0.2) is 0 Å². The Bertz CT molecular complexity index is 346. The first-order chi connectivity index (χ1) is 7.77. The van der Waals surface area contributed by atoms with E-state index in [1.54, 1.807) is 0 Å². The van der Waals surface area contributed by atoms with E-state index in [1.807, 2.05) is 18.2 Å². The maximum absolute atomic E-state index is 6.12. The predicted octanol–water partition coefficient (Wildman–Crippen LogP) is 4.99. The second-order valence-corrected chi connectivity index (χ2v) is 5.27. The van der Waals surface area contributed by atoms with Gasteiger partial charge >= 0.3 is 0 Å². The van der Waals surface area contributed by atoms with Crippen LogP contribution in [0, 0.1) is 5.92 Å². The van der Waals surface area contributed by atoms with Crippen molar-refractivity contribution in [1.82, 2.24) is 0 Å². The fraction of sp³-hybridized carbons (Fsp3) is 0.538. The molecule has 3 heteroatoms. The first kappa shape index (κ1) is 12.1. The average molecular weight is 258 g/mol. The number of hydrogen-bond donors (Lipinski definition) is 1. The van der Waals surface area contributed by atoms with Gasteiger partial charge in [0.05, 0.1) is 15.7 Å². The summed E-state index contributed by atoms with van der Waals surface area (Å²) in [7, 11) is 0. The molecule has 1 saturated carbocycles. The minimum absolute atomic E-state index is 0.621. The van der Waals surface area contributed by atoms with E-state index >= 15 is 0 Å². The average Bonchev–Trinajstić information content (AvgIpc) is 2.32. The van der Waals surface area contributed by atoms with Crippen LogP contribution in [0.1, 0.15) is 32.1 Å². The largest absolute Gasteiger partial charge is 0.384 e. The summed E-state index contributed by atoms with van der Waals surface area (Å²) < 4.78 is 0. The molecule has 2 rings (SSSR count). The quantitative estimate of drug-likeness (QED) is 0.805. The molecule has 1 aliphatic carbocycles. The van der Waals surface area contributed by atoms with E-state index in [2.05, 4.69) is 5.32 Å². The van der Waals surface area contributed by atoms with Gasteiger partial charge in [0.1, 0.15) is 0 Å². The zero-order chi connectivity index (χ0) is 11.4. The Morgan fingerprint density at radius 2 is 1.88 bits per heavy atom. The van der Waals surface area contributed by atoms with Crippen LogP contribution in [-0.2, 0) is 0 Å². The summed E-state index contributed by atoms with van der Waals surface area (Å²) in [5.74, 6) is 0.795.